The molecule has 3 nitrogen and oxygen atoms in total. The molecular formula is C11H15N3. The van der Waals surface area contributed by atoms with Crippen molar-refractivity contribution in [2.75, 3.05) is 25.3 Å². The molecule has 3 heteroatoms. The second-order valence-corrected chi connectivity index (χ2v) is 3.74. The second-order valence-electron chi connectivity index (χ2n) is 3.74. The van der Waals surface area contributed by atoms with Crippen LogP contribution >= 0.6 is 0 Å². The standard InChI is InChI=1S/C11H15N3/c1-10-3-5-11(6-4-10)14-8-12-7-13(2)9-14/h3-6,8H,7,9H2,1-2H3. The van der Waals surface area contributed by atoms with Gasteiger partial charge in [0.2, 0.25) is 0 Å². The third kappa shape index (κ3) is 1.93. The van der Waals surface area contributed by atoms with E-state index in [9.17, 15) is 0 Å². The topological polar surface area (TPSA) is 18.8 Å². The van der Waals surface area contributed by atoms with E-state index in [4.69, 9.17) is 0 Å². The lowest BCUT2D eigenvalue weighted by Gasteiger charge is -2.29. The van der Waals surface area contributed by atoms with Crippen LogP contribution in [0.25, 0.3) is 0 Å². The highest BCUT2D eigenvalue weighted by molar-refractivity contribution is 5.79. The van der Waals surface area contributed by atoms with E-state index in [-0.39, 0.29) is 0 Å². The summed E-state index contributed by atoms with van der Waals surface area (Å²) in [6.45, 7) is 3.80. The fourth-order valence-electron chi connectivity index (χ4n) is 1.50. The zero-order valence-corrected chi connectivity index (χ0v) is 8.64. The highest BCUT2D eigenvalue weighted by Gasteiger charge is 2.10. The van der Waals surface area contributed by atoms with E-state index < -0.39 is 0 Å². The van der Waals surface area contributed by atoms with Crippen LogP contribution in [0.2, 0.25) is 0 Å². The van der Waals surface area contributed by atoms with Gasteiger partial charge in [0.25, 0.3) is 0 Å². The Morgan fingerprint density at radius 2 is 1.93 bits per heavy atom. The monoisotopic (exact) mass is 189 g/mol. The van der Waals surface area contributed by atoms with Crippen LogP contribution in [0.5, 0.6) is 0 Å². The number of benzene rings is 1. The average Bonchev–Trinajstić information content (AvgIpc) is 2.19. The van der Waals surface area contributed by atoms with Crippen molar-refractivity contribution in [3.63, 3.8) is 0 Å². The minimum atomic E-state index is 0.794. The summed E-state index contributed by atoms with van der Waals surface area (Å²) in [5.74, 6) is 0. The van der Waals surface area contributed by atoms with Crippen molar-refractivity contribution in [2.45, 2.75) is 6.92 Å². The summed E-state index contributed by atoms with van der Waals surface area (Å²) in [5.41, 5.74) is 2.49. The molecule has 0 unspecified atom stereocenters. The molecule has 0 aromatic heterocycles. The van der Waals surface area contributed by atoms with E-state index >= 15 is 0 Å². The van der Waals surface area contributed by atoms with Gasteiger partial charge in [-0.2, -0.15) is 0 Å². The van der Waals surface area contributed by atoms with E-state index in [0.29, 0.717) is 0 Å². The molecule has 0 radical (unpaired) electrons. The molecule has 0 saturated carbocycles. The summed E-state index contributed by atoms with van der Waals surface area (Å²) in [7, 11) is 2.07. The predicted octanol–water partition coefficient (Wildman–Crippen LogP) is 1.69. The van der Waals surface area contributed by atoms with Gasteiger partial charge in [-0.25, -0.2) is 0 Å². The molecule has 74 valence electrons. The fraction of sp³-hybridized carbons (Fsp3) is 0.364. The molecule has 1 aromatic carbocycles. The fourth-order valence-corrected chi connectivity index (χ4v) is 1.50. The lowest BCUT2D eigenvalue weighted by Crippen LogP contribution is -2.39. The average molecular weight is 189 g/mol. The number of aryl methyl sites for hydroxylation is 1. The number of hydrogen-bond acceptors (Lipinski definition) is 3. The highest BCUT2D eigenvalue weighted by atomic mass is 15.4. The van der Waals surface area contributed by atoms with E-state index in [1.54, 1.807) is 0 Å². The summed E-state index contributed by atoms with van der Waals surface area (Å²) in [6.07, 6.45) is 1.91. The molecule has 1 aliphatic heterocycles. The molecule has 2 rings (SSSR count). The zero-order valence-electron chi connectivity index (χ0n) is 8.64. The molecule has 0 saturated heterocycles. The Labute approximate surface area is 84.7 Å². The van der Waals surface area contributed by atoms with Crippen LogP contribution < -0.4 is 4.90 Å². The van der Waals surface area contributed by atoms with Crippen LogP contribution in [-0.4, -0.2) is 31.6 Å². The Morgan fingerprint density at radius 3 is 2.57 bits per heavy atom. The van der Waals surface area contributed by atoms with E-state index in [2.05, 4.69) is 53.0 Å². The molecule has 0 fully saturated rings. The van der Waals surface area contributed by atoms with Crippen molar-refractivity contribution < 1.29 is 0 Å². The maximum Gasteiger partial charge on any atom is 0.0938 e. The molecule has 0 amide bonds. The molecular weight excluding hydrogens is 174 g/mol. The van der Waals surface area contributed by atoms with Crippen LogP contribution in [0.3, 0.4) is 0 Å². The molecule has 1 heterocycles. The molecule has 0 spiro atoms. The third-order valence-corrected chi connectivity index (χ3v) is 2.30. The highest BCUT2D eigenvalue weighted by Crippen LogP contribution is 2.15. The van der Waals surface area contributed by atoms with Crippen molar-refractivity contribution in [1.82, 2.24) is 4.90 Å². The van der Waals surface area contributed by atoms with Gasteiger partial charge in [0.1, 0.15) is 0 Å². The molecule has 0 aliphatic carbocycles. The van der Waals surface area contributed by atoms with E-state index in [0.717, 1.165) is 13.3 Å². The first kappa shape index (κ1) is 9.21. The third-order valence-electron chi connectivity index (χ3n) is 2.30. The molecule has 1 aliphatic rings. The van der Waals surface area contributed by atoms with Crippen molar-refractivity contribution in [1.29, 1.82) is 0 Å². The summed E-state index contributed by atoms with van der Waals surface area (Å²) in [5, 5.41) is 0. The Balaban J connectivity index is 2.18. The number of rotatable bonds is 1. The Hall–Kier alpha value is -1.35. The summed E-state index contributed by atoms with van der Waals surface area (Å²) >= 11 is 0. The zero-order chi connectivity index (χ0) is 9.97. The normalized spacial score (nSPS) is 17.4. The van der Waals surface area contributed by atoms with Gasteiger partial charge in [-0.3, -0.25) is 9.89 Å². The van der Waals surface area contributed by atoms with Gasteiger partial charge in [0.15, 0.2) is 0 Å². The number of nitrogens with zero attached hydrogens (tertiary/aromatic N) is 3. The number of aliphatic imine (C=N–C) groups is 1. The second kappa shape index (κ2) is 3.80. The van der Waals surface area contributed by atoms with Crippen LogP contribution in [-0.2, 0) is 0 Å². The lowest BCUT2D eigenvalue weighted by molar-refractivity contribution is 0.347. The predicted molar refractivity (Wildman–Crippen MR) is 59.6 cm³/mol. The van der Waals surface area contributed by atoms with Crippen molar-refractivity contribution in [2.24, 2.45) is 4.99 Å². The van der Waals surface area contributed by atoms with Crippen molar-refractivity contribution in [3.05, 3.63) is 29.8 Å². The molecule has 0 N–H and O–H groups in total. The van der Waals surface area contributed by atoms with E-state index in [1.165, 1.54) is 11.3 Å². The van der Waals surface area contributed by atoms with Gasteiger partial charge < -0.3 is 4.90 Å². The molecule has 14 heavy (non-hydrogen) atoms. The van der Waals surface area contributed by atoms with Crippen LogP contribution in [0.4, 0.5) is 5.69 Å². The quantitative estimate of drug-likeness (QED) is 0.669. The minimum Gasteiger partial charge on any atom is -0.319 e. The first-order chi connectivity index (χ1) is 6.75. The van der Waals surface area contributed by atoms with Gasteiger partial charge in [-0.15, -0.1) is 0 Å². The van der Waals surface area contributed by atoms with Crippen molar-refractivity contribution >= 4 is 12.0 Å². The van der Waals surface area contributed by atoms with Gasteiger partial charge >= 0.3 is 0 Å². The van der Waals surface area contributed by atoms with Gasteiger partial charge in [-0.05, 0) is 26.1 Å². The summed E-state index contributed by atoms with van der Waals surface area (Å²) in [4.78, 5) is 8.57. The van der Waals surface area contributed by atoms with Crippen molar-refractivity contribution in [3.8, 4) is 0 Å². The summed E-state index contributed by atoms with van der Waals surface area (Å²) < 4.78 is 0. The van der Waals surface area contributed by atoms with E-state index in [1.807, 2.05) is 6.34 Å². The molecule has 0 bridgehead atoms. The summed E-state index contributed by atoms with van der Waals surface area (Å²) in [6, 6.07) is 8.50. The van der Waals surface area contributed by atoms with Crippen LogP contribution in [0, 0.1) is 6.92 Å². The smallest absolute Gasteiger partial charge is 0.0938 e. The number of hydrogen-bond donors (Lipinski definition) is 0. The Bertz CT molecular complexity index is 329. The molecule has 0 atom stereocenters. The first-order valence-electron chi connectivity index (χ1n) is 4.77. The largest absolute Gasteiger partial charge is 0.319 e. The van der Waals surface area contributed by atoms with Gasteiger partial charge in [0.05, 0.1) is 19.7 Å². The maximum atomic E-state index is 4.27. The van der Waals surface area contributed by atoms with Gasteiger partial charge in [-0.1, -0.05) is 17.7 Å². The lowest BCUT2D eigenvalue weighted by atomic mass is 10.2. The van der Waals surface area contributed by atoms with Gasteiger partial charge in [0, 0.05) is 5.69 Å². The van der Waals surface area contributed by atoms with Crippen LogP contribution in [0.1, 0.15) is 5.56 Å². The van der Waals surface area contributed by atoms with Crippen LogP contribution in [0.15, 0.2) is 29.3 Å². The Kier molecular flexibility index (Phi) is 2.50. The Morgan fingerprint density at radius 1 is 1.21 bits per heavy atom. The maximum absolute atomic E-state index is 4.27. The number of anilines is 1. The SMILES string of the molecule is Cc1ccc(N2C=NCN(C)C2)cc1. The minimum absolute atomic E-state index is 0.794. The first-order valence-corrected chi connectivity index (χ1v) is 4.77. The molecule has 1 aromatic rings.